The molecule has 3 N–H and O–H groups in total. The summed E-state index contributed by atoms with van der Waals surface area (Å²) in [4.78, 5) is 50.2. The maximum absolute atomic E-state index is 13.8. The first-order chi connectivity index (χ1) is 23.4. The monoisotopic (exact) mass is 662 g/mol. The highest BCUT2D eigenvalue weighted by atomic mass is 16.6. The van der Waals surface area contributed by atoms with Crippen molar-refractivity contribution in [3.63, 3.8) is 0 Å². The lowest BCUT2D eigenvalue weighted by Crippen LogP contribution is -2.65. The fourth-order valence-electron chi connectivity index (χ4n) is 6.99. The number of hydrogen-bond donors (Lipinski definition) is 3. The van der Waals surface area contributed by atoms with Crippen LogP contribution < -0.4 is 10.6 Å². The van der Waals surface area contributed by atoms with E-state index in [1.807, 2.05) is 66.9 Å². The SMILES string of the molecule is CC(C)(CC(=O)NC(C=O)(Cc1c[nH]c2ccccc12)N1CCC(n2c(-c3ccccc3)nc3ccccc32)CC1)NC(=O)OC(C)(C)C. The summed E-state index contributed by atoms with van der Waals surface area (Å²) >= 11 is 0. The van der Waals surface area contributed by atoms with Crippen LogP contribution >= 0.6 is 0 Å². The van der Waals surface area contributed by atoms with Gasteiger partial charge >= 0.3 is 6.09 Å². The number of benzene rings is 3. The second kappa shape index (κ2) is 13.5. The Bertz CT molecular complexity index is 1950. The van der Waals surface area contributed by atoms with Crippen LogP contribution in [-0.2, 0) is 20.7 Å². The molecule has 1 unspecified atom stereocenters. The molecule has 2 amide bonds. The maximum Gasteiger partial charge on any atom is 0.408 e. The molecule has 1 fully saturated rings. The number of piperidine rings is 1. The van der Waals surface area contributed by atoms with Crippen molar-refractivity contribution in [3.05, 3.63) is 90.6 Å². The quantitative estimate of drug-likeness (QED) is 0.142. The van der Waals surface area contributed by atoms with Crippen LogP contribution in [0.1, 0.15) is 65.5 Å². The van der Waals surface area contributed by atoms with Gasteiger partial charge in [0.1, 0.15) is 11.4 Å². The predicted molar refractivity (Wildman–Crippen MR) is 192 cm³/mol. The van der Waals surface area contributed by atoms with Crippen molar-refractivity contribution in [2.45, 2.75) is 83.1 Å². The fraction of sp³-hybridized carbons (Fsp3) is 0.385. The molecule has 256 valence electrons. The van der Waals surface area contributed by atoms with E-state index in [-0.39, 0.29) is 24.8 Å². The summed E-state index contributed by atoms with van der Waals surface area (Å²) in [7, 11) is 0. The van der Waals surface area contributed by atoms with E-state index in [0.717, 1.165) is 58.0 Å². The van der Waals surface area contributed by atoms with E-state index in [4.69, 9.17) is 9.72 Å². The summed E-state index contributed by atoms with van der Waals surface area (Å²) in [5.41, 5.74) is 2.06. The van der Waals surface area contributed by atoms with Crippen molar-refractivity contribution in [1.29, 1.82) is 0 Å². The van der Waals surface area contributed by atoms with Crippen LogP contribution in [-0.4, -0.2) is 67.6 Å². The number of rotatable bonds is 10. The molecule has 1 atom stereocenters. The molecule has 0 radical (unpaired) electrons. The van der Waals surface area contributed by atoms with Gasteiger partial charge in [0.05, 0.1) is 11.0 Å². The standard InChI is InChI=1S/C39H46N6O4/c1-37(2,3)49-36(48)43-38(4,5)24-34(47)42-39(26-46,23-28-25-40-31-16-10-9-15-30(28)31)44-21-19-29(20-22-44)45-33-18-12-11-17-32(33)41-35(45)27-13-7-6-8-14-27/h6-18,25-26,29,40H,19-24H2,1-5H3,(H,42,47)(H,43,48). The number of aromatic nitrogens is 3. The Morgan fingerprint density at radius 1 is 0.918 bits per heavy atom. The first-order valence-electron chi connectivity index (χ1n) is 17.0. The van der Waals surface area contributed by atoms with Crippen LogP contribution in [0.15, 0.2) is 85.1 Å². The Hall–Kier alpha value is -4.96. The van der Waals surface area contributed by atoms with Gasteiger partial charge in [-0.15, -0.1) is 0 Å². The summed E-state index contributed by atoms with van der Waals surface area (Å²) in [6.45, 7) is 10.1. The number of nitrogens with one attached hydrogen (secondary N) is 3. The summed E-state index contributed by atoms with van der Waals surface area (Å²) in [6.07, 6.45) is 3.93. The van der Waals surface area contributed by atoms with Gasteiger partial charge in [-0.1, -0.05) is 60.7 Å². The lowest BCUT2D eigenvalue weighted by molar-refractivity contribution is -0.134. The third-order valence-corrected chi connectivity index (χ3v) is 9.15. The number of nitrogens with zero attached hydrogens (tertiary/aromatic N) is 3. The molecule has 10 nitrogen and oxygen atoms in total. The van der Waals surface area contributed by atoms with Gasteiger partial charge in [-0.05, 0) is 71.2 Å². The molecular formula is C39H46N6O4. The highest BCUT2D eigenvalue weighted by Crippen LogP contribution is 2.35. The minimum Gasteiger partial charge on any atom is -0.444 e. The van der Waals surface area contributed by atoms with E-state index in [0.29, 0.717) is 13.1 Å². The number of aromatic amines is 1. The molecule has 2 aromatic heterocycles. The van der Waals surface area contributed by atoms with Crippen molar-refractivity contribution in [3.8, 4) is 11.4 Å². The number of ether oxygens (including phenoxy) is 1. The number of alkyl carbamates (subject to hydrolysis) is 1. The van der Waals surface area contributed by atoms with E-state index < -0.39 is 22.9 Å². The molecule has 3 heterocycles. The van der Waals surface area contributed by atoms with Gasteiger partial charge in [0.2, 0.25) is 5.91 Å². The molecule has 49 heavy (non-hydrogen) atoms. The first kappa shape index (κ1) is 33.9. The van der Waals surface area contributed by atoms with Crippen LogP contribution in [0.2, 0.25) is 0 Å². The third kappa shape index (κ3) is 7.54. The molecule has 1 saturated heterocycles. The number of likely N-dealkylation sites (tertiary alicyclic amines) is 1. The van der Waals surface area contributed by atoms with E-state index in [9.17, 15) is 14.4 Å². The van der Waals surface area contributed by atoms with Crippen LogP contribution in [0.4, 0.5) is 4.79 Å². The molecule has 1 aliphatic rings. The van der Waals surface area contributed by atoms with Crippen molar-refractivity contribution in [2.24, 2.45) is 0 Å². The van der Waals surface area contributed by atoms with Gasteiger partial charge in [0.15, 0.2) is 11.9 Å². The molecule has 0 saturated carbocycles. The number of aldehydes is 1. The molecular weight excluding hydrogens is 616 g/mol. The van der Waals surface area contributed by atoms with Gasteiger partial charge in [0.25, 0.3) is 0 Å². The zero-order valence-corrected chi connectivity index (χ0v) is 29.0. The lowest BCUT2D eigenvalue weighted by atomic mass is 9.93. The zero-order chi connectivity index (χ0) is 34.8. The summed E-state index contributed by atoms with van der Waals surface area (Å²) in [5, 5.41) is 6.96. The molecule has 0 aliphatic carbocycles. The van der Waals surface area contributed by atoms with Crippen molar-refractivity contribution in [1.82, 2.24) is 30.1 Å². The molecule has 0 spiro atoms. The number of fused-ring (bicyclic) bond motifs is 2. The number of para-hydroxylation sites is 3. The summed E-state index contributed by atoms with van der Waals surface area (Å²) < 4.78 is 7.77. The van der Waals surface area contributed by atoms with Crippen LogP contribution in [0.3, 0.4) is 0 Å². The third-order valence-electron chi connectivity index (χ3n) is 9.15. The van der Waals surface area contributed by atoms with Gasteiger partial charge in [-0.2, -0.15) is 0 Å². The first-order valence-corrected chi connectivity index (χ1v) is 17.0. The molecule has 5 aromatic rings. The van der Waals surface area contributed by atoms with E-state index in [1.165, 1.54) is 0 Å². The second-order valence-corrected chi connectivity index (χ2v) is 14.7. The molecule has 0 bridgehead atoms. The topological polar surface area (TPSA) is 121 Å². The van der Waals surface area contributed by atoms with Gasteiger partial charge in [-0.3, -0.25) is 14.5 Å². The van der Waals surface area contributed by atoms with Crippen molar-refractivity contribution in [2.75, 3.05) is 13.1 Å². The predicted octanol–water partition coefficient (Wildman–Crippen LogP) is 6.77. The Morgan fingerprint density at radius 3 is 2.31 bits per heavy atom. The van der Waals surface area contributed by atoms with Crippen LogP contribution in [0.5, 0.6) is 0 Å². The Balaban J connectivity index is 1.27. The molecule has 10 heteroatoms. The van der Waals surface area contributed by atoms with Gasteiger partial charge < -0.3 is 24.9 Å². The molecule has 6 rings (SSSR count). The highest BCUT2D eigenvalue weighted by molar-refractivity contribution is 5.86. The van der Waals surface area contributed by atoms with Crippen molar-refractivity contribution >= 4 is 40.2 Å². The number of carbonyl (C=O) groups excluding carboxylic acids is 3. The highest BCUT2D eigenvalue weighted by Gasteiger charge is 2.42. The Morgan fingerprint density at radius 2 is 1.59 bits per heavy atom. The number of hydrogen-bond acceptors (Lipinski definition) is 6. The smallest absolute Gasteiger partial charge is 0.408 e. The number of H-pyrrole nitrogens is 1. The van der Waals surface area contributed by atoms with Crippen LogP contribution in [0, 0.1) is 0 Å². The van der Waals surface area contributed by atoms with Crippen molar-refractivity contribution < 1.29 is 19.1 Å². The number of carbonyl (C=O) groups is 3. The number of amides is 2. The van der Waals surface area contributed by atoms with E-state index >= 15 is 0 Å². The van der Waals surface area contributed by atoms with E-state index in [1.54, 1.807) is 34.6 Å². The van der Waals surface area contributed by atoms with Crippen LogP contribution in [0.25, 0.3) is 33.3 Å². The largest absolute Gasteiger partial charge is 0.444 e. The van der Waals surface area contributed by atoms with Gasteiger partial charge in [-0.25, -0.2) is 9.78 Å². The maximum atomic E-state index is 13.8. The Labute approximate surface area is 287 Å². The zero-order valence-electron chi connectivity index (χ0n) is 29.0. The second-order valence-electron chi connectivity index (χ2n) is 14.7. The number of imidazole rings is 1. The minimum atomic E-state index is -1.31. The Kier molecular flexibility index (Phi) is 9.35. The van der Waals surface area contributed by atoms with E-state index in [2.05, 4.69) is 43.3 Å². The summed E-state index contributed by atoms with van der Waals surface area (Å²) in [6, 6.07) is 26.5. The molecule has 1 aliphatic heterocycles. The fourth-order valence-corrected chi connectivity index (χ4v) is 6.99. The molecule has 3 aromatic carbocycles. The summed E-state index contributed by atoms with van der Waals surface area (Å²) in [5.74, 6) is 0.579. The van der Waals surface area contributed by atoms with Gasteiger partial charge in [0, 0.05) is 60.2 Å². The average Bonchev–Trinajstić information content (AvgIpc) is 3.65. The normalized spacial score (nSPS) is 15.9. The average molecular weight is 663 g/mol. The lowest BCUT2D eigenvalue weighted by Gasteiger charge is -2.45. The minimum absolute atomic E-state index is 0.0480.